The van der Waals surface area contributed by atoms with Gasteiger partial charge < -0.3 is 5.32 Å². The van der Waals surface area contributed by atoms with Gasteiger partial charge in [-0.15, -0.1) is 0 Å². The van der Waals surface area contributed by atoms with Crippen molar-refractivity contribution >= 4 is 74.5 Å². The van der Waals surface area contributed by atoms with Crippen molar-refractivity contribution in [1.29, 1.82) is 0 Å². The Kier molecular flexibility index (Phi) is 6.18. The van der Waals surface area contributed by atoms with Gasteiger partial charge in [0.25, 0.3) is 11.8 Å². The van der Waals surface area contributed by atoms with E-state index in [0.29, 0.717) is 5.69 Å². The number of thiocarbonyl (C=S) groups is 1. The van der Waals surface area contributed by atoms with Gasteiger partial charge >= 0.3 is 0 Å². The minimum Gasteiger partial charge on any atom is -0.301 e. The zero-order valence-electron chi connectivity index (χ0n) is 14.1. The van der Waals surface area contributed by atoms with Gasteiger partial charge in [0.05, 0.1) is 16.3 Å². The molecule has 0 saturated carbocycles. The zero-order valence-corrected chi connectivity index (χ0v) is 17.2. The van der Waals surface area contributed by atoms with Gasteiger partial charge in [0, 0.05) is 10.7 Å². The fourth-order valence-corrected chi connectivity index (χ4v) is 3.21. The van der Waals surface area contributed by atoms with Crippen molar-refractivity contribution in [3.8, 4) is 0 Å². The Morgan fingerprint density at radius 3 is 2.57 bits per heavy atom. The highest BCUT2D eigenvalue weighted by Gasteiger charge is 2.38. The number of carbonyl (C=O) groups excluding carboxylic acids is 3. The molecule has 0 bridgehead atoms. The quantitative estimate of drug-likeness (QED) is 0.305. The summed E-state index contributed by atoms with van der Waals surface area (Å²) in [7, 11) is 0. The Morgan fingerprint density at radius 2 is 1.89 bits per heavy atom. The van der Waals surface area contributed by atoms with Gasteiger partial charge in [-0.2, -0.15) is 5.10 Å². The summed E-state index contributed by atoms with van der Waals surface area (Å²) in [5, 5.41) is 6.43. The Labute approximate surface area is 178 Å². The second-order valence-electron chi connectivity index (χ2n) is 5.62. The number of hydrogen-bond donors (Lipinski definition) is 2. The number of anilines is 1. The van der Waals surface area contributed by atoms with Crippen molar-refractivity contribution in [3.05, 3.63) is 63.6 Å². The van der Waals surface area contributed by atoms with Gasteiger partial charge in [-0.25, -0.2) is 5.43 Å². The van der Waals surface area contributed by atoms with Crippen LogP contribution >= 0.6 is 39.7 Å². The minimum absolute atomic E-state index is 0.0259. The van der Waals surface area contributed by atoms with Crippen LogP contribution < -0.4 is 15.6 Å². The zero-order chi connectivity index (χ0) is 20.3. The molecule has 28 heavy (non-hydrogen) atoms. The lowest BCUT2D eigenvalue weighted by Gasteiger charge is -2.30. The first kappa shape index (κ1) is 20.1. The van der Waals surface area contributed by atoms with E-state index in [1.165, 1.54) is 11.0 Å². The van der Waals surface area contributed by atoms with Crippen LogP contribution in [0.3, 0.4) is 0 Å². The van der Waals surface area contributed by atoms with E-state index in [9.17, 15) is 14.4 Å². The molecule has 1 saturated heterocycles. The molecule has 10 heteroatoms. The van der Waals surface area contributed by atoms with Crippen molar-refractivity contribution in [1.82, 2.24) is 10.7 Å². The Hall–Kier alpha value is -2.62. The van der Waals surface area contributed by atoms with Crippen LogP contribution in [0.25, 0.3) is 0 Å². The molecule has 2 aromatic carbocycles. The summed E-state index contributed by atoms with van der Waals surface area (Å²) in [5.74, 6) is -3.02. The summed E-state index contributed by atoms with van der Waals surface area (Å²) in [6, 6.07) is 13.3. The number of hydrogen-bond acceptors (Lipinski definition) is 5. The SMILES string of the molecule is O=C(N/N=C\[C@H]1C(=O)NC(=S)N(c2ccc(Br)cc2)C1=O)c1ccccc1Cl. The van der Waals surface area contributed by atoms with Crippen LogP contribution in [0.5, 0.6) is 0 Å². The summed E-state index contributed by atoms with van der Waals surface area (Å²) >= 11 is 14.4. The smallest absolute Gasteiger partial charge is 0.272 e. The molecule has 1 atom stereocenters. The van der Waals surface area contributed by atoms with E-state index >= 15 is 0 Å². The molecule has 0 radical (unpaired) electrons. The number of nitrogens with one attached hydrogen (secondary N) is 2. The molecule has 0 spiro atoms. The van der Waals surface area contributed by atoms with Crippen molar-refractivity contribution in [2.75, 3.05) is 4.90 Å². The van der Waals surface area contributed by atoms with Gasteiger partial charge in [0.2, 0.25) is 5.91 Å². The number of benzene rings is 2. The maximum Gasteiger partial charge on any atom is 0.272 e. The first-order valence-corrected chi connectivity index (χ1v) is 9.49. The first-order valence-electron chi connectivity index (χ1n) is 7.91. The highest BCUT2D eigenvalue weighted by atomic mass is 79.9. The van der Waals surface area contributed by atoms with Crippen molar-refractivity contribution in [3.63, 3.8) is 0 Å². The van der Waals surface area contributed by atoms with Crippen molar-refractivity contribution in [2.24, 2.45) is 11.0 Å². The summed E-state index contributed by atoms with van der Waals surface area (Å²) in [6.45, 7) is 0. The molecule has 0 unspecified atom stereocenters. The van der Waals surface area contributed by atoms with Crippen LogP contribution in [0.1, 0.15) is 10.4 Å². The van der Waals surface area contributed by atoms with Gasteiger partial charge in [0.1, 0.15) is 0 Å². The molecule has 1 aliphatic rings. The maximum absolute atomic E-state index is 12.8. The van der Waals surface area contributed by atoms with Gasteiger partial charge in [0.15, 0.2) is 11.0 Å². The van der Waals surface area contributed by atoms with Crippen LogP contribution in [-0.2, 0) is 9.59 Å². The summed E-state index contributed by atoms with van der Waals surface area (Å²) in [5.41, 5.74) is 2.98. The molecule has 1 aliphatic heterocycles. The molecule has 1 fully saturated rings. The third kappa shape index (κ3) is 4.27. The number of nitrogens with zero attached hydrogens (tertiary/aromatic N) is 2. The number of hydrazone groups is 1. The lowest BCUT2D eigenvalue weighted by atomic mass is 10.1. The monoisotopic (exact) mass is 478 g/mol. The molecule has 2 aromatic rings. The average Bonchev–Trinajstić information content (AvgIpc) is 2.66. The number of halogens is 2. The molecule has 2 N–H and O–H groups in total. The highest BCUT2D eigenvalue weighted by Crippen LogP contribution is 2.22. The van der Waals surface area contributed by atoms with Crippen LogP contribution in [-0.4, -0.2) is 29.0 Å². The topological polar surface area (TPSA) is 90.9 Å². The lowest BCUT2D eigenvalue weighted by molar-refractivity contribution is -0.130. The lowest BCUT2D eigenvalue weighted by Crippen LogP contribution is -2.58. The van der Waals surface area contributed by atoms with E-state index in [2.05, 4.69) is 31.8 Å². The second-order valence-corrected chi connectivity index (χ2v) is 7.33. The Morgan fingerprint density at radius 1 is 1.21 bits per heavy atom. The van der Waals surface area contributed by atoms with E-state index in [4.69, 9.17) is 23.8 Å². The third-order valence-electron chi connectivity index (χ3n) is 3.80. The van der Waals surface area contributed by atoms with Crippen LogP contribution in [0.2, 0.25) is 5.02 Å². The van der Waals surface area contributed by atoms with E-state index in [1.807, 2.05) is 0 Å². The average molecular weight is 480 g/mol. The fraction of sp³-hybridized carbons (Fsp3) is 0.0556. The fourth-order valence-electron chi connectivity index (χ4n) is 2.43. The van der Waals surface area contributed by atoms with Crippen LogP contribution in [0, 0.1) is 5.92 Å². The standard InChI is InChI=1S/C18H12BrClN4O3S/c19-10-5-7-11(8-6-10)24-17(27)13(15(25)22-18(24)28)9-21-23-16(26)12-3-1-2-4-14(12)20/h1-9,13H,(H,23,26)(H,22,25,28)/b21-9-/t13-/m0/s1. The predicted molar refractivity (Wildman–Crippen MR) is 113 cm³/mol. The van der Waals surface area contributed by atoms with E-state index in [0.717, 1.165) is 10.7 Å². The summed E-state index contributed by atoms with van der Waals surface area (Å²) < 4.78 is 0.830. The molecule has 0 aliphatic carbocycles. The number of amides is 3. The largest absolute Gasteiger partial charge is 0.301 e. The Balaban J connectivity index is 1.76. The number of carbonyl (C=O) groups is 3. The highest BCUT2D eigenvalue weighted by molar-refractivity contribution is 9.10. The normalized spacial score (nSPS) is 17.0. The minimum atomic E-state index is -1.25. The third-order valence-corrected chi connectivity index (χ3v) is 4.94. The van der Waals surface area contributed by atoms with Gasteiger partial charge in [-0.05, 0) is 48.6 Å². The summed E-state index contributed by atoms with van der Waals surface area (Å²) in [6.07, 6.45) is 1.06. The van der Waals surface area contributed by atoms with Gasteiger partial charge in [-0.3, -0.25) is 19.3 Å². The summed E-state index contributed by atoms with van der Waals surface area (Å²) in [4.78, 5) is 38.3. The molecule has 3 amide bonds. The molecule has 142 valence electrons. The van der Waals surface area contributed by atoms with Crippen molar-refractivity contribution < 1.29 is 14.4 Å². The van der Waals surface area contributed by atoms with Crippen molar-refractivity contribution in [2.45, 2.75) is 0 Å². The second kappa shape index (κ2) is 8.59. The molecule has 3 rings (SSSR count). The maximum atomic E-state index is 12.8. The molecule has 7 nitrogen and oxygen atoms in total. The molecule has 1 heterocycles. The van der Waals surface area contributed by atoms with E-state index in [1.54, 1.807) is 42.5 Å². The number of rotatable bonds is 4. The van der Waals surface area contributed by atoms with E-state index in [-0.39, 0.29) is 15.7 Å². The Bertz CT molecular complexity index is 997. The predicted octanol–water partition coefficient (Wildman–Crippen LogP) is 2.88. The van der Waals surface area contributed by atoms with E-state index < -0.39 is 23.6 Å². The van der Waals surface area contributed by atoms with Gasteiger partial charge in [-0.1, -0.05) is 39.7 Å². The van der Waals surface area contributed by atoms with Crippen LogP contribution in [0.4, 0.5) is 5.69 Å². The first-order chi connectivity index (χ1) is 13.4. The molecule has 0 aromatic heterocycles. The molecular formula is C18H12BrClN4O3S. The molecular weight excluding hydrogens is 468 g/mol. The van der Waals surface area contributed by atoms with Crippen LogP contribution in [0.15, 0.2) is 58.1 Å².